The molecule has 0 atom stereocenters. The smallest absolute Gasteiger partial charge is 0.303 e. The Morgan fingerprint density at radius 1 is 1.21 bits per heavy atom. The first kappa shape index (κ1) is 15.3. The summed E-state index contributed by atoms with van der Waals surface area (Å²) in [5.74, 6) is -1.02. The molecular formula is C13H17ClN2O3. The maximum Gasteiger partial charge on any atom is 0.303 e. The molecule has 0 radical (unpaired) electrons. The van der Waals surface area contributed by atoms with Gasteiger partial charge >= 0.3 is 5.97 Å². The van der Waals surface area contributed by atoms with Gasteiger partial charge in [0, 0.05) is 29.2 Å². The van der Waals surface area contributed by atoms with Crippen molar-refractivity contribution in [2.24, 2.45) is 0 Å². The van der Waals surface area contributed by atoms with E-state index in [2.05, 4.69) is 5.32 Å². The van der Waals surface area contributed by atoms with Gasteiger partial charge in [0.2, 0.25) is 0 Å². The largest absolute Gasteiger partial charge is 0.481 e. The summed E-state index contributed by atoms with van der Waals surface area (Å²) in [7, 11) is 0. The zero-order valence-electron chi connectivity index (χ0n) is 10.5. The molecule has 0 aliphatic rings. The SMILES string of the molecule is Nc1cc(Cl)cc(C(=O)NCCCCCC(=O)O)c1. The summed E-state index contributed by atoms with van der Waals surface area (Å²) < 4.78 is 0. The molecule has 104 valence electrons. The third kappa shape index (κ3) is 6.10. The van der Waals surface area contributed by atoms with Crippen LogP contribution in [0.15, 0.2) is 18.2 Å². The lowest BCUT2D eigenvalue weighted by Crippen LogP contribution is -2.24. The van der Waals surface area contributed by atoms with E-state index in [1.54, 1.807) is 18.2 Å². The Bertz CT molecular complexity index is 443. The monoisotopic (exact) mass is 284 g/mol. The minimum absolute atomic E-state index is 0.165. The van der Waals surface area contributed by atoms with Crippen LogP contribution in [0.25, 0.3) is 0 Å². The average Bonchev–Trinajstić information content (AvgIpc) is 2.31. The number of hydrogen-bond donors (Lipinski definition) is 3. The van der Waals surface area contributed by atoms with E-state index in [0.717, 1.165) is 12.8 Å². The van der Waals surface area contributed by atoms with Crippen LogP contribution < -0.4 is 11.1 Å². The van der Waals surface area contributed by atoms with Crippen molar-refractivity contribution < 1.29 is 14.7 Å². The Hall–Kier alpha value is -1.75. The quantitative estimate of drug-likeness (QED) is 0.529. The molecule has 1 amide bonds. The highest BCUT2D eigenvalue weighted by Crippen LogP contribution is 2.16. The number of carboxylic acid groups (broad SMARTS) is 1. The molecule has 0 saturated carbocycles. The summed E-state index contributed by atoms with van der Waals surface area (Å²) in [4.78, 5) is 22.1. The number of nitrogens with one attached hydrogen (secondary N) is 1. The number of nitrogens with two attached hydrogens (primary N) is 1. The van der Waals surface area contributed by atoms with Crippen molar-refractivity contribution in [3.8, 4) is 0 Å². The number of unbranched alkanes of at least 4 members (excludes halogenated alkanes) is 2. The number of rotatable bonds is 7. The van der Waals surface area contributed by atoms with Gasteiger partial charge in [-0.15, -0.1) is 0 Å². The van der Waals surface area contributed by atoms with Crippen molar-refractivity contribution in [3.63, 3.8) is 0 Å². The second-order valence-corrected chi connectivity index (χ2v) is 4.67. The average molecular weight is 285 g/mol. The number of halogens is 1. The van der Waals surface area contributed by atoms with Crippen LogP contribution in [-0.2, 0) is 4.79 Å². The van der Waals surface area contributed by atoms with Crippen LogP contribution in [0.5, 0.6) is 0 Å². The van der Waals surface area contributed by atoms with Crippen molar-refractivity contribution in [2.45, 2.75) is 25.7 Å². The predicted octanol–water partition coefficient (Wildman–Crippen LogP) is 2.30. The number of anilines is 1. The summed E-state index contributed by atoms with van der Waals surface area (Å²) >= 11 is 5.81. The predicted molar refractivity (Wildman–Crippen MR) is 74.3 cm³/mol. The molecule has 1 rings (SSSR count). The number of nitrogen functional groups attached to an aromatic ring is 1. The number of carbonyl (C=O) groups excluding carboxylic acids is 1. The standard InChI is InChI=1S/C13H17ClN2O3/c14-10-6-9(7-11(15)8-10)13(19)16-5-3-1-2-4-12(17)18/h6-8H,1-5,15H2,(H,16,19)(H,17,18). The van der Waals surface area contributed by atoms with E-state index < -0.39 is 5.97 Å². The second-order valence-electron chi connectivity index (χ2n) is 4.23. The third-order valence-corrected chi connectivity index (χ3v) is 2.75. The maximum absolute atomic E-state index is 11.8. The van der Waals surface area contributed by atoms with Gasteiger partial charge in [-0.2, -0.15) is 0 Å². The van der Waals surface area contributed by atoms with Crippen LogP contribution in [0.1, 0.15) is 36.0 Å². The topological polar surface area (TPSA) is 92.4 Å². The van der Waals surface area contributed by atoms with Crippen molar-refractivity contribution in [3.05, 3.63) is 28.8 Å². The van der Waals surface area contributed by atoms with E-state index in [4.69, 9.17) is 22.4 Å². The molecule has 19 heavy (non-hydrogen) atoms. The molecule has 6 heteroatoms. The van der Waals surface area contributed by atoms with Crippen molar-refractivity contribution in [1.29, 1.82) is 0 Å². The van der Waals surface area contributed by atoms with Gasteiger partial charge in [-0.1, -0.05) is 18.0 Å². The van der Waals surface area contributed by atoms with Crippen LogP contribution in [0.2, 0.25) is 5.02 Å². The number of carboxylic acids is 1. The highest BCUT2D eigenvalue weighted by atomic mass is 35.5. The van der Waals surface area contributed by atoms with E-state index in [1.165, 1.54) is 0 Å². The van der Waals surface area contributed by atoms with Gasteiger partial charge in [-0.3, -0.25) is 9.59 Å². The van der Waals surface area contributed by atoms with Crippen LogP contribution in [0.4, 0.5) is 5.69 Å². The molecule has 0 aliphatic carbocycles. The molecule has 1 aromatic carbocycles. The molecule has 0 aliphatic heterocycles. The van der Waals surface area contributed by atoms with Crippen molar-refractivity contribution in [1.82, 2.24) is 5.32 Å². The second kappa shape index (κ2) is 7.63. The molecule has 0 unspecified atom stereocenters. The zero-order chi connectivity index (χ0) is 14.3. The summed E-state index contributed by atoms with van der Waals surface area (Å²) in [5, 5.41) is 11.6. The lowest BCUT2D eigenvalue weighted by Gasteiger charge is -2.06. The van der Waals surface area contributed by atoms with Crippen LogP contribution in [-0.4, -0.2) is 23.5 Å². The van der Waals surface area contributed by atoms with E-state index in [-0.39, 0.29) is 12.3 Å². The van der Waals surface area contributed by atoms with E-state index in [9.17, 15) is 9.59 Å². The van der Waals surface area contributed by atoms with Gasteiger partial charge in [-0.05, 0) is 31.0 Å². The minimum Gasteiger partial charge on any atom is -0.481 e. The molecule has 5 nitrogen and oxygen atoms in total. The normalized spacial score (nSPS) is 10.2. The van der Waals surface area contributed by atoms with Crippen LogP contribution in [0.3, 0.4) is 0 Å². The third-order valence-electron chi connectivity index (χ3n) is 2.54. The number of carbonyl (C=O) groups is 2. The van der Waals surface area contributed by atoms with Crippen LogP contribution >= 0.6 is 11.6 Å². The lowest BCUT2D eigenvalue weighted by molar-refractivity contribution is -0.137. The van der Waals surface area contributed by atoms with Gasteiger partial charge < -0.3 is 16.2 Å². The van der Waals surface area contributed by atoms with Gasteiger partial charge in [-0.25, -0.2) is 0 Å². The first-order valence-corrected chi connectivity index (χ1v) is 6.43. The van der Waals surface area contributed by atoms with Crippen LogP contribution in [0, 0.1) is 0 Å². The molecule has 0 bridgehead atoms. The van der Waals surface area contributed by atoms with Gasteiger partial charge in [0.15, 0.2) is 0 Å². The fourth-order valence-corrected chi connectivity index (χ4v) is 1.87. The summed E-state index contributed by atoms with van der Waals surface area (Å²) in [6, 6.07) is 4.69. The van der Waals surface area contributed by atoms with Crippen molar-refractivity contribution in [2.75, 3.05) is 12.3 Å². The number of benzene rings is 1. The van der Waals surface area contributed by atoms with E-state index in [1.807, 2.05) is 0 Å². The van der Waals surface area contributed by atoms with E-state index >= 15 is 0 Å². The molecule has 1 aromatic rings. The molecule has 0 spiro atoms. The Balaban J connectivity index is 2.29. The first-order valence-electron chi connectivity index (χ1n) is 6.05. The summed E-state index contributed by atoms with van der Waals surface area (Å²) in [6.45, 7) is 0.505. The highest BCUT2D eigenvalue weighted by Gasteiger charge is 2.06. The first-order chi connectivity index (χ1) is 8.99. The molecule has 0 heterocycles. The molecule has 4 N–H and O–H groups in total. The van der Waals surface area contributed by atoms with Gasteiger partial charge in [0.05, 0.1) is 0 Å². The van der Waals surface area contributed by atoms with Gasteiger partial charge in [0.1, 0.15) is 0 Å². The molecule has 0 aromatic heterocycles. The number of hydrogen-bond acceptors (Lipinski definition) is 3. The summed E-state index contributed by atoms with van der Waals surface area (Å²) in [6.07, 6.45) is 2.30. The number of aliphatic carboxylic acids is 1. The van der Waals surface area contributed by atoms with E-state index in [0.29, 0.717) is 29.2 Å². The Kier molecular flexibility index (Phi) is 6.15. The molecular weight excluding hydrogens is 268 g/mol. The fraction of sp³-hybridized carbons (Fsp3) is 0.385. The Morgan fingerprint density at radius 3 is 2.58 bits per heavy atom. The summed E-state index contributed by atoms with van der Waals surface area (Å²) in [5.41, 5.74) is 6.47. The number of amides is 1. The molecule has 0 fully saturated rings. The lowest BCUT2D eigenvalue weighted by atomic mass is 10.1. The van der Waals surface area contributed by atoms with Gasteiger partial charge in [0.25, 0.3) is 5.91 Å². The highest BCUT2D eigenvalue weighted by molar-refractivity contribution is 6.31. The molecule has 0 saturated heterocycles. The minimum atomic E-state index is -0.793. The van der Waals surface area contributed by atoms with Crippen molar-refractivity contribution >= 4 is 29.2 Å². The maximum atomic E-state index is 11.8. The Labute approximate surface area is 116 Å². The zero-order valence-corrected chi connectivity index (χ0v) is 11.2. The Morgan fingerprint density at radius 2 is 1.95 bits per heavy atom. The fourth-order valence-electron chi connectivity index (χ4n) is 1.63.